The number of likely N-dealkylation sites (N-methyl/N-ethyl adjacent to an activating group) is 1. The van der Waals surface area contributed by atoms with E-state index in [-0.39, 0.29) is 0 Å². The Balaban J connectivity index is 2.11. The number of hydrogen-bond acceptors (Lipinski definition) is 1. The van der Waals surface area contributed by atoms with Gasteiger partial charge in [-0.15, -0.1) is 0 Å². The van der Waals surface area contributed by atoms with Crippen LogP contribution in [-0.2, 0) is 6.42 Å². The molecule has 100 valence electrons. The van der Waals surface area contributed by atoms with Crippen LogP contribution in [0.5, 0.6) is 0 Å². The summed E-state index contributed by atoms with van der Waals surface area (Å²) in [5.41, 5.74) is 4.16. The van der Waals surface area contributed by atoms with Crippen LogP contribution >= 0.6 is 0 Å². The van der Waals surface area contributed by atoms with Crippen molar-refractivity contribution in [3.05, 3.63) is 71.3 Å². The van der Waals surface area contributed by atoms with E-state index in [4.69, 9.17) is 0 Å². The van der Waals surface area contributed by atoms with Crippen molar-refractivity contribution in [2.45, 2.75) is 26.2 Å². The summed E-state index contributed by atoms with van der Waals surface area (Å²) in [5, 5.41) is 3.48. The monoisotopic (exact) mass is 253 g/mol. The number of hydrogen-bond donors (Lipinski definition) is 1. The maximum atomic E-state index is 3.48. The molecule has 0 aliphatic rings. The van der Waals surface area contributed by atoms with E-state index in [0.29, 0.717) is 5.92 Å². The van der Waals surface area contributed by atoms with Gasteiger partial charge in [-0.05, 0) is 31.0 Å². The number of aryl methyl sites for hydroxylation is 1. The molecule has 0 fully saturated rings. The van der Waals surface area contributed by atoms with Crippen LogP contribution in [0.1, 0.15) is 29.5 Å². The molecule has 1 nitrogen and oxygen atoms in total. The quantitative estimate of drug-likeness (QED) is 0.822. The highest BCUT2D eigenvalue weighted by Gasteiger charge is 2.11. The van der Waals surface area contributed by atoms with Crippen LogP contribution in [0.25, 0.3) is 0 Å². The van der Waals surface area contributed by atoms with Crippen LogP contribution in [0, 0.1) is 6.92 Å². The standard InChI is InChI=1S/C18H23N/c1-3-19-14-18(17-7-5-4-6-8-17)13-16-11-9-15(2)10-12-16/h4-12,18-19H,3,13-14H2,1-2H3. The van der Waals surface area contributed by atoms with Gasteiger partial charge in [0.05, 0.1) is 0 Å². The third kappa shape index (κ3) is 4.22. The Morgan fingerprint density at radius 2 is 1.63 bits per heavy atom. The molecule has 2 aromatic rings. The van der Waals surface area contributed by atoms with E-state index in [0.717, 1.165) is 19.5 Å². The molecule has 0 bridgehead atoms. The third-order valence-electron chi connectivity index (χ3n) is 3.51. The van der Waals surface area contributed by atoms with Crippen molar-refractivity contribution in [1.29, 1.82) is 0 Å². The maximum Gasteiger partial charge on any atom is 0.00232 e. The maximum absolute atomic E-state index is 3.48. The summed E-state index contributed by atoms with van der Waals surface area (Å²) in [6, 6.07) is 19.7. The van der Waals surface area contributed by atoms with Gasteiger partial charge in [0.25, 0.3) is 0 Å². The fourth-order valence-electron chi connectivity index (χ4n) is 2.36. The van der Waals surface area contributed by atoms with E-state index in [1.165, 1.54) is 16.7 Å². The first-order valence-electron chi connectivity index (χ1n) is 7.10. The van der Waals surface area contributed by atoms with Gasteiger partial charge in [0.1, 0.15) is 0 Å². The molecule has 0 saturated carbocycles. The van der Waals surface area contributed by atoms with E-state index in [9.17, 15) is 0 Å². The van der Waals surface area contributed by atoms with E-state index >= 15 is 0 Å². The predicted octanol–water partition coefficient (Wildman–Crippen LogP) is 3.93. The molecule has 0 radical (unpaired) electrons. The highest BCUT2D eigenvalue weighted by molar-refractivity contribution is 5.26. The minimum atomic E-state index is 0.545. The number of benzene rings is 2. The predicted molar refractivity (Wildman–Crippen MR) is 82.6 cm³/mol. The second-order valence-corrected chi connectivity index (χ2v) is 5.11. The largest absolute Gasteiger partial charge is 0.316 e. The first-order valence-corrected chi connectivity index (χ1v) is 7.10. The van der Waals surface area contributed by atoms with E-state index in [1.807, 2.05) is 0 Å². The Kier molecular flexibility index (Phi) is 5.17. The summed E-state index contributed by atoms with van der Waals surface area (Å²) in [7, 11) is 0. The molecule has 0 heterocycles. The van der Waals surface area contributed by atoms with Gasteiger partial charge in [-0.25, -0.2) is 0 Å². The zero-order valence-corrected chi connectivity index (χ0v) is 11.9. The van der Waals surface area contributed by atoms with Gasteiger partial charge in [-0.1, -0.05) is 67.1 Å². The summed E-state index contributed by atoms with van der Waals surface area (Å²) in [6.45, 7) is 6.36. The SMILES string of the molecule is CCNCC(Cc1ccc(C)cc1)c1ccccc1. The van der Waals surface area contributed by atoms with Crippen LogP contribution < -0.4 is 5.32 Å². The van der Waals surface area contributed by atoms with Crippen molar-refractivity contribution in [3.63, 3.8) is 0 Å². The van der Waals surface area contributed by atoms with Gasteiger partial charge in [-0.2, -0.15) is 0 Å². The van der Waals surface area contributed by atoms with Gasteiger partial charge >= 0.3 is 0 Å². The minimum absolute atomic E-state index is 0.545. The summed E-state index contributed by atoms with van der Waals surface area (Å²) < 4.78 is 0. The summed E-state index contributed by atoms with van der Waals surface area (Å²) in [5.74, 6) is 0.545. The molecule has 2 aromatic carbocycles. The highest BCUT2D eigenvalue weighted by Crippen LogP contribution is 2.20. The van der Waals surface area contributed by atoms with Crippen molar-refractivity contribution < 1.29 is 0 Å². The summed E-state index contributed by atoms with van der Waals surface area (Å²) in [4.78, 5) is 0. The normalized spacial score (nSPS) is 12.3. The molecule has 0 saturated heterocycles. The Morgan fingerprint density at radius 1 is 0.947 bits per heavy atom. The average molecular weight is 253 g/mol. The van der Waals surface area contributed by atoms with Crippen LogP contribution in [0.4, 0.5) is 0 Å². The zero-order chi connectivity index (χ0) is 13.5. The second kappa shape index (κ2) is 7.10. The van der Waals surface area contributed by atoms with Crippen molar-refractivity contribution in [2.24, 2.45) is 0 Å². The van der Waals surface area contributed by atoms with Gasteiger partial charge < -0.3 is 5.32 Å². The van der Waals surface area contributed by atoms with Crippen LogP contribution in [0.3, 0.4) is 0 Å². The van der Waals surface area contributed by atoms with Gasteiger partial charge in [0, 0.05) is 12.5 Å². The van der Waals surface area contributed by atoms with Crippen molar-refractivity contribution in [1.82, 2.24) is 5.32 Å². The van der Waals surface area contributed by atoms with Gasteiger partial charge in [-0.3, -0.25) is 0 Å². The topological polar surface area (TPSA) is 12.0 Å². The van der Waals surface area contributed by atoms with Gasteiger partial charge in [0.2, 0.25) is 0 Å². The lowest BCUT2D eigenvalue weighted by Gasteiger charge is -2.18. The van der Waals surface area contributed by atoms with E-state index < -0.39 is 0 Å². The van der Waals surface area contributed by atoms with Crippen molar-refractivity contribution in [2.75, 3.05) is 13.1 Å². The molecular weight excluding hydrogens is 230 g/mol. The Bertz CT molecular complexity index is 473. The molecule has 1 N–H and O–H groups in total. The molecule has 1 unspecified atom stereocenters. The molecule has 0 aliphatic heterocycles. The minimum Gasteiger partial charge on any atom is -0.316 e. The summed E-state index contributed by atoms with van der Waals surface area (Å²) in [6.07, 6.45) is 1.09. The molecule has 0 spiro atoms. The smallest absolute Gasteiger partial charge is 0.00232 e. The Morgan fingerprint density at radius 3 is 2.26 bits per heavy atom. The fourth-order valence-corrected chi connectivity index (χ4v) is 2.36. The van der Waals surface area contributed by atoms with Gasteiger partial charge in [0.15, 0.2) is 0 Å². The van der Waals surface area contributed by atoms with E-state index in [2.05, 4.69) is 73.8 Å². The molecule has 0 amide bonds. The lowest BCUT2D eigenvalue weighted by Crippen LogP contribution is -2.22. The van der Waals surface area contributed by atoms with Crippen molar-refractivity contribution >= 4 is 0 Å². The number of rotatable bonds is 6. The first kappa shape index (κ1) is 13.8. The fraction of sp³-hybridized carbons (Fsp3) is 0.333. The molecular formula is C18H23N. The van der Waals surface area contributed by atoms with Crippen LogP contribution in [-0.4, -0.2) is 13.1 Å². The summed E-state index contributed by atoms with van der Waals surface area (Å²) >= 11 is 0. The number of nitrogens with one attached hydrogen (secondary N) is 1. The molecule has 19 heavy (non-hydrogen) atoms. The molecule has 2 rings (SSSR count). The lowest BCUT2D eigenvalue weighted by molar-refractivity contribution is 0.595. The molecule has 0 aromatic heterocycles. The van der Waals surface area contributed by atoms with Crippen molar-refractivity contribution in [3.8, 4) is 0 Å². The Labute approximate surface area is 116 Å². The van der Waals surface area contributed by atoms with E-state index in [1.54, 1.807) is 0 Å². The molecule has 1 atom stereocenters. The molecule has 0 aliphatic carbocycles. The average Bonchev–Trinajstić information content (AvgIpc) is 2.46. The highest BCUT2D eigenvalue weighted by atomic mass is 14.8. The second-order valence-electron chi connectivity index (χ2n) is 5.11. The lowest BCUT2D eigenvalue weighted by atomic mass is 9.91. The Hall–Kier alpha value is -1.60. The molecule has 1 heteroatoms. The first-order chi connectivity index (χ1) is 9.29. The third-order valence-corrected chi connectivity index (χ3v) is 3.51. The van der Waals surface area contributed by atoms with Crippen LogP contribution in [0.15, 0.2) is 54.6 Å². The zero-order valence-electron chi connectivity index (χ0n) is 11.9. The van der Waals surface area contributed by atoms with Crippen LogP contribution in [0.2, 0.25) is 0 Å².